The summed E-state index contributed by atoms with van der Waals surface area (Å²) in [4.78, 5) is 0. The summed E-state index contributed by atoms with van der Waals surface area (Å²) >= 11 is 0. The molecule has 9 heteroatoms. The van der Waals surface area contributed by atoms with E-state index in [1.165, 1.54) is 0 Å². The number of nitrogens with one attached hydrogen (secondary N) is 1. The second-order valence-electron chi connectivity index (χ2n) is 11.0. The molecular formula is C19H41N3O3SSi2. The van der Waals surface area contributed by atoms with E-state index >= 15 is 0 Å². The molecule has 0 fully saturated rings. The van der Waals surface area contributed by atoms with Crippen molar-refractivity contribution < 1.29 is 12.8 Å². The van der Waals surface area contributed by atoms with Crippen molar-refractivity contribution in [3.63, 3.8) is 0 Å². The first kappa shape index (κ1) is 25.6. The molecule has 164 valence electrons. The molecule has 0 atom stereocenters. The van der Waals surface area contributed by atoms with Crippen molar-refractivity contribution in [2.24, 2.45) is 0 Å². The Morgan fingerprint density at radius 3 is 1.96 bits per heavy atom. The SMILES string of the molecule is CC(C)n1nc(S(=O)(=O)N[Si](C)(C)C(C)(C)C)cc1CO[Si](C)(C)C(C)(C)C. The molecule has 1 rings (SSSR count). The van der Waals surface area contributed by atoms with Crippen molar-refractivity contribution in [1.82, 2.24) is 14.2 Å². The minimum Gasteiger partial charge on any atom is -0.411 e. The van der Waals surface area contributed by atoms with E-state index in [2.05, 4.69) is 64.1 Å². The van der Waals surface area contributed by atoms with Crippen molar-refractivity contribution in [1.29, 1.82) is 0 Å². The van der Waals surface area contributed by atoms with E-state index in [0.29, 0.717) is 6.61 Å². The molecule has 0 spiro atoms. The molecule has 1 aromatic rings. The predicted octanol–water partition coefficient (Wildman–Crippen LogP) is 5.27. The summed E-state index contributed by atoms with van der Waals surface area (Å²) in [6, 6.07) is 1.72. The Morgan fingerprint density at radius 2 is 1.57 bits per heavy atom. The van der Waals surface area contributed by atoms with Crippen LogP contribution in [0.3, 0.4) is 0 Å². The molecule has 0 aliphatic rings. The lowest BCUT2D eigenvalue weighted by Crippen LogP contribution is -2.54. The maximum atomic E-state index is 13.1. The minimum atomic E-state index is -3.68. The highest BCUT2D eigenvalue weighted by atomic mass is 32.2. The number of aromatic nitrogens is 2. The summed E-state index contributed by atoms with van der Waals surface area (Å²) < 4.78 is 37.2. The van der Waals surface area contributed by atoms with Crippen LogP contribution in [0.15, 0.2) is 11.1 Å². The number of nitrogens with zero attached hydrogens (tertiary/aromatic N) is 2. The molecule has 0 saturated heterocycles. The summed E-state index contributed by atoms with van der Waals surface area (Å²) in [5.74, 6) is 0. The quantitative estimate of drug-likeness (QED) is 0.578. The largest absolute Gasteiger partial charge is 0.411 e. The second-order valence-corrected chi connectivity index (χ2v) is 22.8. The van der Waals surface area contributed by atoms with Gasteiger partial charge in [-0.25, -0.2) is 12.8 Å². The lowest BCUT2D eigenvalue weighted by molar-refractivity contribution is 0.261. The van der Waals surface area contributed by atoms with E-state index in [0.717, 1.165) is 5.69 Å². The molecule has 0 aliphatic carbocycles. The first-order chi connectivity index (χ1) is 12.2. The standard InChI is InChI=1S/C19H41N3O3SSi2/c1-15(2)22-16(14-25-28(11,12)19(6,7)8)13-17(20-22)26(23,24)21-27(9,10)18(3,4)5/h13,15,21H,14H2,1-12H3. The van der Waals surface area contributed by atoms with E-state index < -0.39 is 26.6 Å². The lowest BCUT2D eigenvalue weighted by atomic mass is 10.2. The number of hydrogen-bond acceptors (Lipinski definition) is 4. The Morgan fingerprint density at radius 1 is 1.07 bits per heavy atom. The van der Waals surface area contributed by atoms with Gasteiger partial charge < -0.3 is 4.43 Å². The third kappa shape index (κ3) is 5.78. The van der Waals surface area contributed by atoms with Crippen LogP contribution in [0.2, 0.25) is 36.3 Å². The average molecular weight is 448 g/mol. The van der Waals surface area contributed by atoms with Crippen LogP contribution >= 0.6 is 0 Å². The first-order valence-corrected chi connectivity index (χ1v) is 17.4. The zero-order chi connectivity index (χ0) is 22.3. The third-order valence-electron chi connectivity index (χ3n) is 6.21. The van der Waals surface area contributed by atoms with Crippen molar-refractivity contribution >= 4 is 26.6 Å². The van der Waals surface area contributed by atoms with Crippen LogP contribution in [0.25, 0.3) is 0 Å². The van der Waals surface area contributed by atoms with Gasteiger partial charge in [0.05, 0.1) is 12.3 Å². The van der Waals surface area contributed by atoms with Crippen LogP contribution < -0.4 is 4.39 Å². The molecular weight excluding hydrogens is 406 g/mol. The maximum Gasteiger partial charge on any atom is 0.253 e. The molecule has 0 aromatic carbocycles. The molecule has 0 unspecified atom stereocenters. The Labute approximate surface area is 174 Å². The Hall–Kier alpha value is -0.486. The van der Waals surface area contributed by atoms with Gasteiger partial charge in [0.15, 0.2) is 13.3 Å². The van der Waals surface area contributed by atoms with Crippen molar-refractivity contribution in [3.05, 3.63) is 11.8 Å². The molecule has 0 amide bonds. The van der Waals surface area contributed by atoms with Gasteiger partial charge in [-0.15, -0.1) is 0 Å². The van der Waals surface area contributed by atoms with Crippen LogP contribution in [-0.2, 0) is 21.1 Å². The number of rotatable bonds is 7. The molecule has 1 heterocycles. The monoisotopic (exact) mass is 447 g/mol. The molecule has 1 aromatic heterocycles. The van der Waals surface area contributed by atoms with Gasteiger partial charge in [0.1, 0.15) is 8.24 Å². The lowest BCUT2D eigenvalue weighted by Gasteiger charge is -2.36. The zero-order valence-corrected chi connectivity index (χ0v) is 22.7. The highest BCUT2D eigenvalue weighted by Crippen LogP contribution is 2.37. The molecule has 0 radical (unpaired) electrons. The highest BCUT2D eigenvalue weighted by molar-refractivity contribution is 7.90. The van der Waals surface area contributed by atoms with E-state index in [1.807, 2.05) is 26.9 Å². The smallest absolute Gasteiger partial charge is 0.253 e. The third-order valence-corrected chi connectivity index (χ3v) is 18.3. The summed E-state index contributed by atoms with van der Waals surface area (Å²) in [5.41, 5.74) is 0.801. The topological polar surface area (TPSA) is 73.2 Å². The fraction of sp³-hybridized carbons (Fsp3) is 0.842. The predicted molar refractivity (Wildman–Crippen MR) is 122 cm³/mol. The zero-order valence-electron chi connectivity index (χ0n) is 19.9. The minimum absolute atomic E-state index is 0.0508. The fourth-order valence-electron chi connectivity index (χ4n) is 2.11. The molecule has 28 heavy (non-hydrogen) atoms. The molecule has 0 saturated carbocycles. The van der Waals surface area contributed by atoms with E-state index in [9.17, 15) is 8.42 Å². The Kier molecular flexibility index (Phi) is 7.28. The van der Waals surface area contributed by atoms with Gasteiger partial charge in [-0.2, -0.15) is 5.10 Å². The van der Waals surface area contributed by atoms with Gasteiger partial charge in [0.2, 0.25) is 0 Å². The highest BCUT2D eigenvalue weighted by Gasteiger charge is 2.41. The summed E-state index contributed by atoms with van der Waals surface area (Å²) in [6.07, 6.45) is 0. The van der Waals surface area contributed by atoms with Crippen LogP contribution in [0.4, 0.5) is 0 Å². The van der Waals surface area contributed by atoms with Crippen LogP contribution in [0.1, 0.15) is 67.1 Å². The van der Waals surface area contributed by atoms with E-state index in [4.69, 9.17) is 4.43 Å². The average Bonchev–Trinajstić information content (AvgIpc) is 2.86. The maximum absolute atomic E-state index is 13.1. The van der Waals surface area contributed by atoms with Gasteiger partial charge in [0, 0.05) is 12.1 Å². The molecule has 1 N–H and O–H groups in total. The van der Waals surface area contributed by atoms with Crippen molar-refractivity contribution in [3.8, 4) is 0 Å². The van der Waals surface area contributed by atoms with Gasteiger partial charge >= 0.3 is 0 Å². The Bertz CT molecular complexity index is 786. The van der Waals surface area contributed by atoms with Crippen molar-refractivity contribution in [2.75, 3.05) is 0 Å². The van der Waals surface area contributed by atoms with Crippen LogP contribution in [0, 0.1) is 0 Å². The van der Waals surface area contributed by atoms with Gasteiger partial charge in [-0.05, 0) is 37.0 Å². The van der Waals surface area contributed by atoms with Gasteiger partial charge in [-0.3, -0.25) is 4.68 Å². The van der Waals surface area contributed by atoms with Crippen LogP contribution in [0.5, 0.6) is 0 Å². The second kappa shape index (κ2) is 7.98. The van der Waals surface area contributed by atoms with E-state index in [-0.39, 0.29) is 21.1 Å². The van der Waals surface area contributed by atoms with E-state index in [1.54, 1.807) is 10.7 Å². The van der Waals surface area contributed by atoms with Crippen LogP contribution in [-0.4, -0.2) is 34.8 Å². The number of sulfonamides is 1. The normalized spacial score (nSPS) is 14.8. The molecule has 0 bridgehead atoms. The summed E-state index contributed by atoms with van der Waals surface area (Å²) in [7, 11) is -7.87. The summed E-state index contributed by atoms with van der Waals surface area (Å²) in [5, 5.41) is 4.51. The van der Waals surface area contributed by atoms with Gasteiger partial charge in [0.25, 0.3) is 10.0 Å². The first-order valence-electron chi connectivity index (χ1n) is 9.98. The molecule has 0 aliphatic heterocycles. The molecule has 6 nitrogen and oxygen atoms in total. The van der Waals surface area contributed by atoms with Gasteiger partial charge in [-0.1, -0.05) is 54.6 Å². The fourth-order valence-corrected chi connectivity index (χ4v) is 7.87. The Balaban J connectivity index is 3.23. The van der Waals surface area contributed by atoms with Crippen molar-refractivity contribution in [2.45, 2.75) is 109 Å². The number of hydrogen-bond donors (Lipinski definition) is 1. The summed E-state index contributed by atoms with van der Waals surface area (Å²) in [6.45, 7) is 25.6.